The van der Waals surface area contributed by atoms with Crippen LogP contribution in [-0.2, 0) is 0 Å². The van der Waals surface area contributed by atoms with Gasteiger partial charge in [0.15, 0.2) is 6.17 Å². The van der Waals surface area contributed by atoms with Crippen LogP contribution in [0.25, 0.3) is 0 Å². The van der Waals surface area contributed by atoms with E-state index in [0.717, 1.165) is 22.5 Å². The third kappa shape index (κ3) is 2.71. The number of rotatable bonds is 3. The summed E-state index contributed by atoms with van der Waals surface area (Å²) in [7, 11) is 0. The van der Waals surface area contributed by atoms with Gasteiger partial charge in [0, 0.05) is 17.6 Å². The molecule has 26 heavy (non-hydrogen) atoms. The van der Waals surface area contributed by atoms with Gasteiger partial charge in [0.1, 0.15) is 5.82 Å². The number of nitrogens with zero attached hydrogens (tertiary/aromatic N) is 2. The molecule has 0 bridgehead atoms. The molecule has 5 heteroatoms. The number of amides is 1. The summed E-state index contributed by atoms with van der Waals surface area (Å²) in [5, 5.41) is 3.36. The number of pyridine rings is 1. The molecule has 1 amide bonds. The summed E-state index contributed by atoms with van der Waals surface area (Å²) in [4.78, 5) is 19.1. The maximum atomic E-state index is 13.4. The lowest BCUT2D eigenvalue weighted by molar-refractivity contribution is 0.0993. The number of benzene rings is 2. The summed E-state index contributed by atoms with van der Waals surface area (Å²) in [5.41, 5.74) is 4.68. The van der Waals surface area contributed by atoms with Crippen LogP contribution in [0.2, 0.25) is 0 Å². The Bertz CT molecular complexity index is 985. The Kier molecular flexibility index (Phi) is 3.92. The Morgan fingerprint density at radius 2 is 1.85 bits per heavy atom. The summed E-state index contributed by atoms with van der Waals surface area (Å²) in [5.74, 6) is -0.390. The fraction of sp³-hybridized carbons (Fsp3) is 0.143. The van der Waals surface area contributed by atoms with Crippen molar-refractivity contribution in [1.29, 1.82) is 0 Å². The zero-order valence-electron chi connectivity index (χ0n) is 14.5. The number of aromatic nitrogens is 1. The molecule has 0 saturated heterocycles. The molecular formula is C21H18FN3O. The first-order valence-corrected chi connectivity index (χ1v) is 8.42. The number of fused-ring (bicyclic) bond motifs is 1. The van der Waals surface area contributed by atoms with E-state index in [1.165, 1.54) is 12.1 Å². The SMILES string of the molecule is Cc1ccc(N2C(=O)c3cccnc3[C@H]2Nc2ccc(F)cc2C)cc1. The average molecular weight is 347 g/mol. The van der Waals surface area contributed by atoms with Crippen molar-refractivity contribution in [3.8, 4) is 0 Å². The Hall–Kier alpha value is -3.21. The van der Waals surface area contributed by atoms with Crippen LogP contribution in [0, 0.1) is 19.7 Å². The highest BCUT2D eigenvalue weighted by Crippen LogP contribution is 2.37. The normalized spacial score (nSPS) is 15.9. The number of anilines is 2. The van der Waals surface area contributed by atoms with Crippen LogP contribution in [0.4, 0.5) is 15.8 Å². The molecule has 1 aromatic heterocycles. The second-order valence-corrected chi connectivity index (χ2v) is 6.45. The highest BCUT2D eigenvalue weighted by atomic mass is 19.1. The monoisotopic (exact) mass is 347 g/mol. The summed E-state index contributed by atoms with van der Waals surface area (Å²) in [6.45, 7) is 3.83. The molecule has 2 aromatic carbocycles. The second-order valence-electron chi connectivity index (χ2n) is 6.45. The number of halogens is 1. The molecule has 130 valence electrons. The molecule has 4 nitrogen and oxygen atoms in total. The minimum Gasteiger partial charge on any atom is -0.360 e. The van der Waals surface area contributed by atoms with E-state index in [9.17, 15) is 9.18 Å². The molecule has 1 aliphatic heterocycles. The number of hydrogen-bond acceptors (Lipinski definition) is 3. The fourth-order valence-corrected chi connectivity index (χ4v) is 3.23. The zero-order valence-corrected chi connectivity index (χ0v) is 14.5. The molecule has 4 rings (SSSR count). The molecule has 0 saturated carbocycles. The van der Waals surface area contributed by atoms with Gasteiger partial charge in [-0.15, -0.1) is 0 Å². The molecule has 0 aliphatic carbocycles. The molecular weight excluding hydrogens is 329 g/mol. The van der Waals surface area contributed by atoms with Crippen molar-refractivity contribution in [2.24, 2.45) is 0 Å². The first-order valence-electron chi connectivity index (χ1n) is 8.42. The quantitative estimate of drug-likeness (QED) is 0.753. The fourth-order valence-electron chi connectivity index (χ4n) is 3.23. The van der Waals surface area contributed by atoms with Crippen LogP contribution in [0.1, 0.15) is 33.3 Å². The van der Waals surface area contributed by atoms with Gasteiger partial charge in [-0.1, -0.05) is 17.7 Å². The lowest BCUT2D eigenvalue weighted by Crippen LogP contribution is -2.32. The van der Waals surface area contributed by atoms with Crippen LogP contribution >= 0.6 is 0 Å². The van der Waals surface area contributed by atoms with Crippen LogP contribution in [-0.4, -0.2) is 10.9 Å². The number of carbonyl (C=O) groups excluding carboxylic acids is 1. The minimum absolute atomic E-state index is 0.103. The number of hydrogen-bond donors (Lipinski definition) is 1. The second kappa shape index (κ2) is 6.26. The van der Waals surface area contributed by atoms with E-state index in [-0.39, 0.29) is 11.7 Å². The van der Waals surface area contributed by atoms with E-state index < -0.39 is 6.17 Å². The zero-order chi connectivity index (χ0) is 18.3. The Morgan fingerprint density at radius 3 is 2.58 bits per heavy atom. The van der Waals surface area contributed by atoms with E-state index in [2.05, 4.69) is 10.3 Å². The van der Waals surface area contributed by atoms with E-state index >= 15 is 0 Å². The molecule has 0 radical (unpaired) electrons. The van der Waals surface area contributed by atoms with Gasteiger partial charge in [-0.05, 0) is 61.9 Å². The Morgan fingerprint density at radius 1 is 1.08 bits per heavy atom. The van der Waals surface area contributed by atoms with Gasteiger partial charge >= 0.3 is 0 Å². The Labute approximate surface area is 151 Å². The van der Waals surface area contributed by atoms with Gasteiger partial charge in [0.2, 0.25) is 0 Å². The van der Waals surface area contributed by atoms with Crippen molar-refractivity contribution in [3.63, 3.8) is 0 Å². The van der Waals surface area contributed by atoms with Crippen LogP contribution in [0.15, 0.2) is 60.8 Å². The maximum Gasteiger partial charge on any atom is 0.262 e. The summed E-state index contributed by atoms with van der Waals surface area (Å²) >= 11 is 0. The largest absolute Gasteiger partial charge is 0.360 e. The van der Waals surface area contributed by atoms with Crippen molar-refractivity contribution < 1.29 is 9.18 Å². The van der Waals surface area contributed by atoms with Gasteiger partial charge < -0.3 is 5.32 Å². The lowest BCUT2D eigenvalue weighted by atomic mass is 10.1. The smallest absolute Gasteiger partial charge is 0.262 e. The van der Waals surface area contributed by atoms with Crippen molar-refractivity contribution in [1.82, 2.24) is 4.98 Å². The summed E-state index contributed by atoms with van der Waals surface area (Å²) in [6, 6.07) is 15.9. The summed E-state index contributed by atoms with van der Waals surface area (Å²) in [6.07, 6.45) is 1.22. The minimum atomic E-state index is -0.453. The van der Waals surface area contributed by atoms with E-state index in [1.54, 1.807) is 29.3 Å². The standard InChI is InChI=1S/C21H18FN3O/c1-13-5-8-16(9-6-13)25-20(19-17(21(25)26)4-3-11-23-19)24-18-10-7-15(22)12-14(18)2/h3-12,20,24H,1-2H3/t20-/m0/s1. The van der Waals surface area contributed by atoms with Crippen molar-refractivity contribution in [3.05, 3.63) is 89.0 Å². The molecule has 0 spiro atoms. The van der Waals surface area contributed by atoms with Gasteiger partial charge in [-0.2, -0.15) is 0 Å². The molecule has 2 heterocycles. The molecule has 3 aromatic rings. The molecule has 1 aliphatic rings. The van der Waals surface area contributed by atoms with E-state index in [0.29, 0.717) is 11.3 Å². The maximum absolute atomic E-state index is 13.4. The molecule has 1 atom stereocenters. The van der Waals surface area contributed by atoms with Gasteiger partial charge in [-0.25, -0.2) is 4.39 Å². The highest BCUT2D eigenvalue weighted by molar-refractivity contribution is 6.11. The van der Waals surface area contributed by atoms with Gasteiger partial charge in [-0.3, -0.25) is 14.7 Å². The van der Waals surface area contributed by atoms with E-state index in [1.807, 2.05) is 38.1 Å². The van der Waals surface area contributed by atoms with Gasteiger partial charge in [0.25, 0.3) is 5.91 Å². The van der Waals surface area contributed by atoms with Crippen molar-refractivity contribution in [2.45, 2.75) is 20.0 Å². The van der Waals surface area contributed by atoms with E-state index in [4.69, 9.17) is 0 Å². The first kappa shape index (κ1) is 16.3. The first-order chi connectivity index (χ1) is 12.5. The van der Waals surface area contributed by atoms with Gasteiger partial charge in [0.05, 0.1) is 11.3 Å². The summed E-state index contributed by atoms with van der Waals surface area (Å²) < 4.78 is 13.4. The van der Waals surface area contributed by atoms with Crippen LogP contribution in [0.3, 0.4) is 0 Å². The predicted molar refractivity (Wildman–Crippen MR) is 99.7 cm³/mol. The van der Waals surface area contributed by atoms with Crippen molar-refractivity contribution >= 4 is 17.3 Å². The third-order valence-electron chi connectivity index (χ3n) is 4.60. The molecule has 1 N–H and O–H groups in total. The number of aryl methyl sites for hydroxylation is 2. The molecule has 0 unspecified atom stereocenters. The van der Waals surface area contributed by atoms with Crippen LogP contribution < -0.4 is 10.2 Å². The Balaban J connectivity index is 1.79. The topological polar surface area (TPSA) is 45.2 Å². The average Bonchev–Trinajstić information content (AvgIpc) is 2.91. The van der Waals surface area contributed by atoms with Crippen molar-refractivity contribution in [2.75, 3.05) is 10.2 Å². The molecule has 0 fully saturated rings. The third-order valence-corrected chi connectivity index (χ3v) is 4.60. The lowest BCUT2D eigenvalue weighted by Gasteiger charge is -2.27. The predicted octanol–water partition coefficient (Wildman–Crippen LogP) is 4.61. The number of nitrogens with one attached hydrogen (secondary N) is 1. The van der Waals surface area contributed by atoms with Crippen LogP contribution in [0.5, 0.6) is 0 Å². The number of carbonyl (C=O) groups is 1. The highest BCUT2D eigenvalue weighted by Gasteiger charge is 2.39.